The van der Waals surface area contributed by atoms with Crippen LogP contribution in [0.25, 0.3) is 0 Å². The molecule has 0 fully saturated rings. The van der Waals surface area contributed by atoms with Crippen LogP contribution in [0.2, 0.25) is 0 Å². The molecular weight excluding hydrogens is 360 g/mol. The van der Waals surface area contributed by atoms with Crippen molar-refractivity contribution in [3.8, 4) is 0 Å². The van der Waals surface area contributed by atoms with Gasteiger partial charge in [-0.15, -0.1) is 0 Å². The molecule has 112 valence electrons. The molecule has 12 heteroatoms. The van der Waals surface area contributed by atoms with Crippen LogP contribution in [0, 0.1) is 0 Å². The first-order chi connectivity index (χ1) is 7.91. The van der Waals surface area contributed by atoms with E-state index in [1.165, 1.54) is 0 Å². The standard InChI is InChI=1S/2C3H8O3S3/c2*4-9(5,6)2-3(8)1-7/h2*3,7-8H,1-2H2,(H,4,5,6). The van der Waals surface area contributed by atoms with Crippen molar-refractivity contribution in [1.29, 1.82) is 0 Å². The molecule has 0 aliphatic heterocycles. The molecule has 0 bridgehead atoms. The topological polar surface area (TPSA) is 109 Å². The van der Waals surface area contributed by atoms with E-state index in [-0.39, 0.29) is 22.0 Å². The first-order valence-electron chi connectivity index (χ1n) is 4.39. The van der Waals surface area contributed by atoms with Crippen LogP contribution in [0.15, 0.2) is 0 Å². The molecular formula is C6H16O6S6. The lowest BCUT2D eigenvalue weighted by atomic mass is 10.6. The average molecular weight is 377 g/mol. The minimum absolute atomic E-state index is 0.334. The van der Waals surface area contributed by atoms with Crippen molar-refractivity contribution in [1.82, 2.24) is 0 Å². The first kappa shape index (κ1) is 21.5. The summed E-state index contributed by atoms with van der Waals surface area (Å²) in [6.45, 7) is 0. The third-order valence-corrected chi connectivity index (χ3v) is 5.56. The summed E-state index contributed by atoms with van der Waals surface area (Å²) in [6.07, 6.45) is 0. The number of rotatable bonds is 6. The fourth-order valence-corrected chi connectivity index (χ4v) is 3.54. The Hall–Kier alpha value is 1.22. The normalized spacial score (nSPS) is 15.4. The van der Waals surface area contributed by atoms with Crippen LogP contribution in [0.4, 0.5) is 0 Å². The van der Waals surface area contributed by atoms with Crippen molar-refractivity contribution in [3.63, 3.8) is 0 Å². The second kappa shape index (κ2) is 10.0. The Labute approximate surface area is 129 Å². The Kier molecular flexibility index (Phi) is 12.0. The van der Waals surface area contributed by atoms with Crippen LogP contribution in [0.3, 0.4) is 0 Å². The van der Waals surface area contributed by atoms with E-state index < -0.39 is 20.2 Å². The van der Waals surface area contributed by atoms with Gasteiger partial charge in [0.1, 0.15) is 0 Å². The quantitative estimate of drug-likeness (QED) is 0.292. The molecule has 0 aliphatic carbocycles. The Morgan fingerprint density at radius 2 is 1.00 bits per heavy atom. The predicted molar refractivity (Wildman–Crippen MR) is 86.1 cm³/mol. The maximum atomic E-state index is 10.1. The minimum atomic E-state index is -3.86. The van der Waals surface area contributed by atoms with Gasteiger partial charge in [-0.05, 0) is 0 Å². The lowest BCUT2D eigenvalue weighted by molar-refractivity contribution is 0.480. The zero-order valence-electron chi connectivity index (χ0n) is 9.12. The van der Waals surface area contributed by atoms with E-state index in [1.54, 1.807) is 0 Å². The molecule has 0 amide bonds. The van der Waals surface area contributed by atoms with E-state index in [0.29, 0.717) is 11.5 Å². The van der Waals surface area contributed by atoms with Crippen LogP contribution in [0.1, 0.15) is 0 Å². The molecule has 0 spiro atoms. The van der Waals surface area contributed by atoms with Crippen molar-refractivity contribution < 1.29 is 25.9 Å². The van der Waals surface area contributed by atoms with Crippen LogP contribution in [0.5, 0.6) is 0 Å². The Bertz CT molecular complexity index is 362. The summed E-state index contributed by atoms with van der Waals surface area (Å²) < 4.78 is 56.7. The fourth-order valence-electron chi connectivity index (χ4n) is 0.592. The second-order valence-electron chi connectivity index (χ2n) is 3.17. The number of hydrogen-bond donors (Lipinski definition) is 6. The van der Waals surface area contributed by atoms with E-state index in [9.17, 15) is 16.8 Å². The van der Waals surface area contributed by atoms with E-state index in [0.717, 1.165) is 0 Å². The van der Waals surface area contributed by atoms with Gasteiger partial charge >= 0.3 is 0 Å². The van der Waals surface area contributed by atoms with Crippen molar-refractivity contribution in [2.75, 3.05) is 23.0 Å². The van der Waals surface area contributed by atoms with Gasteiger partial charge in [0, 0.05) is 22.0 Å². The molecule has 2 unspecified atom stereocenters. The van der Waals surface area contributed by atoms with Crippen LogP contribution < -0.4 is 0 Å². The Morgan fingerprint density at radius 1 is 0.778 bits per heavy atom. The number of thiol groups is 4. The highest BCUT2D eigenvalue weighted by atomic mass is 32.2. The zero-order chi connectivity index (χ0) is 15.0. The molecule has 2 atom stereocenters. The monoisotopic (exact) mass is 376 g/mol. The molecule has 0 saturated carbocycles. The lowest BCUT2D eigenvalue weighted by Crippen LogP contribution is -2.16. The van der Waals surface area contributed by atoms with Gasteiger partial charge in [0.15, 0.2) is 0 Å². The maximum absolute atomic E-state index is 10.1. The fraction of sp³-hybridized carbons (Fsp3) is 1.00. The Balaban J connectivity index is 0. The summed E-state index contributed by atoms with van der Waals surface area (Å²) >= 11 is 15.2. The highest BCUT2D eigenvalue weighted by Crippen LogP contribution is 2.00. The molecule has 0 rings (SSSR count). The summed E-state index contributed by atoms with van der Waals surface area (Å²) in [7, 11) is -7.72. The van der Waals surface area contributed by atoms with Gasteiger partial charge in [0.05, 0.1) is 11.5 Å². The highest BCUT2D eigenvalue weighted by Gasteiger charge is 2.11. The highest BCUT2D eigenvalue weighted by molar-refractivity contribution is 7.89. The predicted octanol–water partition coefficient (Wildman–Crippen LogP) is 0.205. The van der Waals surface area contributed by atoms with Gasteiger partial charge in [-0.25, -0.2) is 0 Å². The van der Waals surface area contributed by atoms with Crippen molar-refractivity contribution in [2.24, 2.45) is 0 Å². The molecule has 0 aromatic heterocycles. The van der Waals surface area contributed by atoms with Gasteiger partial charge in [-0.2, -0.15) is 67.4 Å². The molecule has 2 N–H and O–H groups in total. The summed E-state index contributed by atoms with van der Waals surface area (Å²) in [5.41, 5.74) is 0. The second-order valence-corrected chi connectivity index (χ2v) is 8.36. The van der Waals surface area contributed by atoms with Crippen LogP contribution >= 0.6 is 50.5 Å². The first-order valence-corrected chi connectivity index (χ1v) is 9.91. The average Bonchev–Trinajstić information content (AvgIpc) is 2.13. The summed E-state index contributed by atoms with van der Waals surface area (Å²) in [4.78, 5) is 0. The molecule has 18 heavy (non-hydrogen) atoms. The molecule has 0 aromatic carbocycles. The smallest absolute Gasteiger partial charge is 0.265 e. The lowest BCUT2D eigenvalue weighted by Gasteiger charge is -2.01. The Morgan fingerprint density at radius 3 is 1.06 bits per heavy atom. The van der Waals surface area contributed by atoms with E-state index in [1.807, 2.05) is 0 Å². The van der Waals surface area contributed by atoms with Gasteiger partial charge in [-0.3, -0.25) is 9.11 Å². The molecule has 0 aromatic rings. The van der Waals surface area contributed by atoms with E-state index in [2.05, 4.69) is 50.5 Å². The van der Waals surface area contributed by atoms with Crippen molar-refractivity contribution in [2.45, 2.75) is 10.5 Å². The third-order valence-electron chi connectivity index (χ3n) is 1.23. The van der Waals surface area contributed by atoms with Gasteiger partial charge in [-0.1, -0.05) is 0 Å². The van der Waals surface area contributed by atoms with Crippen LogP contribution in [-0.4, -0.2) is 59.5 Å². The maximum Gasteiger partial charge on any atom is 0.265 e. The molecule has 0 aliphatic rings. The van der Waals surface area contributed by atoms with Crippen LogP contribution in [-0.2, 0) is 20.2 Å². The van der Waals surface area contributed by atoms with E-state index >= 15 is 0 Å². The molecule has 0 saturated heterocycles. The molecule has 0 heterocycles. The van der Waals surface area contributed by atoms with E-state index in [4.69, 9.17) is 9.11 Å². The minimum Gasteiger partial charge on any atom is -0.286 e. The molecule has 6 nitrogen and oxygen atoms in total. The van der Waals surface area contributed by atoms with Crippen molar-refractivity contribution >= 4 is 70.8 Å². The summed E-state index contributed by atoms with van der Waals surface area (Å²) in [5.74, 6) is 0.00498. The van der Waals surface area contributed by atoms with Gasteiger partial charge < -0.3 is 0 Å². The number of hydrogen-bond acceptors (Lipinski definition) is 8. The summed E-state index contributed by atoms with van der Waals surface area (Å²) in [5, 5.41) is -0.772. The zero-order valence-corrected chi connectivity index (χ0v) is 14.3. The van der Waals surface area contributed by atoms with Crippen molar-refractivity contribution in [3.05, 3.63) is 0 Å². The van der Waals surface area contributed by atoms with Gasteiger partial charge in [0.25, 0.3) is 20.2 Å². The largest absolute Gasteiger partial charge is 0.286 e. The summed E-state index contributed by atoms with van der Waals surface area (Å²) in [6, 6.07) is 0. The molecule has 0 radical (unpaired) electrons. The SMILES string of the molecule is O=S(=O)(O)CC(S)CS.O=S(=O)(O)CC(S)CS. The van der Waals surface area contributed by atoms with Gasteiger partial charge in [0.2, 0.25) is 0 Å². The third kappa shape index (κ3) is 19.6.